The average molecular weight is 682 g/mol. The van der Waals surface area contributed by atoms with Crippen LogP contribution in [0.15, 0.2) is 30.4 Å². The summed E-state index contributed by atoms with van der Waals surface area (Å²) in [6.07, 6.45) is -6.66. The number of benzene rings is 1. The summed E-state index contributed by atoms with van der Waals surface area (Å²) in [5, 5.41) is 44.6. The number of rotatable bonds is 18. The normalized spacial score (nSPS) is 22.6. The largest absolute Gasteiger partial charge is 0.491 e. The molecule has 0 spiro atoms. The number of hydrogen-bond acceptors (Lipinski definition) is 14. The lowest BCUT2D eigenvalue weighted by atomic mass is 9.99. The molecule has 0 unspecified atom stereocenters. The Hall–Kier alpha value is -4.62. The van der Waals surface area contributed by atoms with Crippen LogP contribution in [0.1, 0.15) is 32.3 Å². The number of hydrogen-bond donors (Lipinski definition) is 6. The Kier molecular flexibility index (Phi) is 14.2. The van der Waals surface area contributed by atoms with Gasteiger partial charge in [0.05, 0.1) is 13.2 Å². The van der Waals surface area contributed by atoms with Gasteiger partial charge in [-0.3, -0.25) is 28.9 Å². The smallest absolute Gasteiger partial charge is 0.335 e. The van der Waals surface area contributed by atoms with Crippen molar-refractivity contribution in [1.82, 2.24) is 15.5 Å². The van der Waals surface area contributed by atoms with E-state index < -0.39 is 72.3 Å². The lowest BCUT2D eigenvalue weighted by molar-refractivity contribution is -0.271. The van der Waals surface area contributed by atoms with Crippen LogP contribution in [-0.2, 0) is 49.6 Å². The number of carbonyl (C=O) groups excluding carboxylic acids is 5. The van der Waals surface area contributed by atoms with Crippen molar-refractivity contribution in [2.75, 3.05) is 32.9 Å². The van der Waals surface area contributed by atoms with E-state index in [9.17, 15) is 49.2 Å². The molecule has 0 bridgehead atoms. The van der Waals surface area contributed by atoms with Crippen LogP contribution >= 0.6 is 0 Å². The van der Waals surface area contributed by atoms with Crippen molar-refractivity contribution in [3.05, 3.63) is 35.9 Å². The molecule has 0 aliphatic carbocycles. The fourth-order valence-electron chi connectivity index (χ4n) is 4.49. The monoisotopic (exact) mass is 681 g/mol. The van der Waals surface area contributed by atoms with E-state index >= 15 is 0 Å². The molecule has 2 aliphatic heterocycles. The minimum Gasteiger partial charge on any atom is -0.491 e. The molecule has 1 aromatic rings. The quantitative estimate of drug-likeness (QED) is 0.0543. The van der Waals surface area contributed by atoms with E-state index in [1.165, 1.54) is 25.1 Å². The minimum atomic E-state index is -1.89. The van der Waals surface area contributed by atoms with E-state index in [1.54, 1.807) is 6.92 Å². The second-order valence-corrected chi connectivity index (χ2v) is 10.6. The molecule has 264 valence electrons. The number of aliphatic carboxylic acids is 1. The van der Waals surface area contributed by atoms with E-state index in [2.05, 4.69) is 10.6 Å². The predicted molar refractivity (Wildman–Crippen MR) is 159 cm³/mol. The number of carbonyl (C=O) groups is 6. The third-order valence-electron chi connectivity index (χ3n) is 7.09. The molecule has 1 saturated heterocycles. The number of nitrogens with one attached hydrogen (secondary N) is 2. The van der Waals surface area contributed by atoms with Gasteiger partial charge in [-0.1, -0.05) is 6.92 Å². The first-order valence-electron chi connectivity index (χ1n) is 15.0. The molecule has 2 aliphatic rings. The highest BCUT2D eigenvalue weighted by Crippen LogP contribution is 2.29. The molecule has 1 aromatic carbocycles. The molecule has 0 saturated carbocycles. The van der Waals surface area contributed by atoms with E-state index in [-0.39, 0.29) is 57.4 Å². The Balaban J connectivity index is 1.45. The molecule has 0 aromatic heterocycles. The lowest BCUT2D eigenvalue weighted by Gasteiger charge is -2.38. The number of carboxylic acid groups (broad SMARTS) is 1. The average Bonchev–Trinajstić information content (AvgIpc) is 3.37. The first-order chi connectivity index (χ1) is 22.8. The van der Waals surface area contributed by atoms with Crippen molar-refractivity contribution in [3.63, 3.8) is 0 Å². The van der Waals surface area contributed by atoms with Crippen LogP contribution < -0.4 is 20.1 Å². The number of carboxylic acids is 1. The topological polar surface area (TPSA) is 257 Å². The summed E-state index contributed by atoms with van der Waals surface area (Å²) in [6.45, 7) is 2.91. The number of imide groups is 1. The van der Waals surface area contributed by atoms with E-state index in [0.717, 1.165) is 17.1 Å². The fourth-order valence-corrected chi connectivity index (χ4v) is 4.49. The summed E-state index contributed by atoms with van der Waals surface area (Å²) in [7, 11) is 0. The van der Waals surface area contributed by atoms with Crippen molar-refractivity contribution in [1.29, 1.82) is 0 Å². The molecule has 6 atom stereocenters. The number of nitrogens with zero attached hydrogens (tertiary/aromatic N) is 1. The summed E-state index contributed by atoms with van der Waals surface area (Å²) in [4.78, 5) is 71.6. The molecule has 1 fully saturated rings. The summed E-state index contributed by atoms with van der Waals surface area (Å²) < 4.78 is 27.0. The van der Waals surface area contributed by atoms with Crippen LogP contribution in [0.3, 0.4) is 0 Å². The minimum absolute atomic E-state index is 0.00972. The summed E-state index contributed by atoms with van der Waals surface area (Å²) in [5.41, 5.74) is 0.428. The van der Waals surface area contributed by atoms with Crippen LogP contribution in [0.5, 0.6) is 11.5 Å². The van der Waals surface area contributed by atoms with Gasteiger partial charge in [0.15, 0.2) is 6.10 Å². The first-order valence-corrected chi connectivity index (χ1v) is 15.0. The van der Waals surface area contributed by atoms with Crippen molar-refractivity contribution in [3.8, 4) is 11.5 Å². The summed E-state index contributed by atoms with van der Waals surface area (Å²) >= 11 is 0. The number of amides is 4. The molecule has 3 rings (SSSR count). The molecule has 18 nitrogen and oxygen atoms in total. The Morgan fingerprint density at radius 3 is 2.35 bits per heavy atom. The molecule has 2 heterocycles. The van der Waals surface area contributed by atoms with Gasteiger partial charge in [0, 0.05) is 50.2 Å². The van der Waals surface area contributed by atoms with Gasteiger partial charge in [-0.05, 0) is 18.6 Å². The van der Waals surface area contributed by atoms with Gasteiger partial charge in [-0.15, -0.1) is 0 Å². The predicted octanol–water partition coefficient (Wildman–Crippen LogP) is -2.26. The second-order valence-electron chi connectivity index (χ2n) is 10.6. The molecular weight excluding hydrogens is 642 g/mol. The number of aliphatic hydroxyl groups is 3. The molecule has 4 amide bonds. The highest BCUT2D eigenvalue weighted by molar-refractivity contribution is 6.13. The van der Waals surface area contributed by atoms with Crippen molar-refractivity contribution < 1.29 is 72.9 Å². The van der Waals surface area contributed by atoms with E-state index in [1.807, 2.05) is 0 Å². The van der Waals surface area contributed by atoms with E-state index in [4.69, 9.17) is 23.7 Å². The van der Waals surface area contributed by atoms with Gasteiger partial charge in [0.2, 0.25) is 18.1 Å². The Morgan fingerprint density at radius 1 is 1.00 bits per heavy atom. The summed E-state index contributed by atoms with van der Waals surface area (Å²) in [5.74, 6) is -3.85. The van der Waals surface area contributed by atoms with Gasteiger partial charge in [-0.25, -0.2) is 4.79 Å². The molecular formula is C30H39N3O15. The SMILES string of the molecule is CC[C@H](NC(=O)CCN1C(=O)C=CC1=O)C(=O)NCCOCCOc1cc(O[C@@H]2O[C@H](C(=O)O)[C@@H](O)[C@H](O)[C@H]2O)ccc1COC(C)=O. The molecule has 0 radical (unpaired) electrons. The summed E-state index contributed by atoms with van der Waals surface area (Å²) in [6, 6.07) is 3.43. The Bertz CT molecular complexity index is 1350. The zero-order valence-electron chi connectivity index (χ0n) is 26.2. The number of esters is 1. The van der Waals surface area contributed by atoms with Gasteiger partial charge in [0.25, 0.3) is 11.8 Å². The third kappa shape index (κ3) is 10.7. The number of ether oxygens (including phenoxy) is 5. The van der Waals surface area contributed by atoms with Gasteiger partial charge in [-0.2, -0.15) is 0 Å². The van der Waals surface area contributed by atoms with Crippen molar-refractivity contribution >= 4 is 35.6 Å². The van der Waals surface area contributed by atoms with Crippen molar-refractivity contribution in [2.24, 2.45) is 0 Å². The molecule has 48 heavy (non-hydrogen) atoms. The number of aliphatic hydroxyl groups excluding tert-OH is 3. The zero-order valence-corrected chi connectivity index (χ0v) is 26.2. The molecule has 6 N–H and O–H groups in total. The van der Waals surface area contributed by atoms with Gasteiger partial charge in [0.1, 0.15) is 49.1 Å². The third-order valence-corrected chi connectivity index (χ3v) is 7.09. The van der Waals surface area contributed by atoms with Gasteiger partial charge < -0.3 is 54.7 Å². The second kappa shape index (κ2) is 18.1. The molecule has 18 heteroatoms. The standard InChI is InChI=1S/C30H39N3O15/c1-3-19(32-21(35)8-10-33-22(36)6-7-23(33)37)28(41)31-9-11-44-12-13-45-20-14-18(5-4-17(20)15-46-16(2)34)47-30-26(40)24(38)25(39)27(48-30)29(42)43/h4-7,14,19,24-27,30,38-40H,3,8-13,15H2,1-2H3,(H,31,41)(H,32,35)(H,42,43)/t19-,24-,25-,26+,27-,30+/m0/s1. The van der Waals surface area contributed by atoms with E-state index in [0.29, 0.717) is 12.0 Å². The first kappa shape index (κ1) is 37.8. The highest BCUT2D eigenvalue weighted by Gasteiger charge is 2.48. The maximum Gasteiger partial charge on any atom is 0.335 e. The van der Waals surface area contributed by atoms with Crippen LogP contribution in [0.4, 0.5) is 0 Å². The maximum atomic E-state index is 12.5. The lowest BCUT2D eigenvalue weighted by Crippen LogP contribution is -2.61. The Labute approximate surface area is 274 Å². The van der Waals surface area contributed by atoms with Crippen LogP contribution in [0.25, 0.3) is 0 Å². The van der Waals surface area contributed by atoms with Crippen LogP contribution in [0, 0.1) is 0 Å². The van der Waals surface area contributed by atoms with Crippen LogP contribution in [-0.4, -0.2) is 131 Å². The Morgan fingerprint density at radius 2 is 1.71 bits per heavy atom. The van der Waals surface area contributed by atoms with Gasteiger partial charge >= 0.3 is 11.9 Å². The van der Waals surface area contributed by atoms with Crippen LogP contribution in [0.2, 0.25) is 0 Å². The zero-order chi connectivity index (χ0) is 35.4. The highest BCUT2D eigenvalue weighted by atomic mass is 16.7. The van der Waals surface area contributed by atoms with Crippen molar-refractivity contribution in [2.45, 2.75) is 70.0 Å². The fraction of sp³-hybridized carbons (Fsp3) is 0.533. The maximum absolute atomic E-state index is 12.5.